The average Bonchev–Trinajstić information content (AvgIpc) is 2.34. The van der Waals surface area contributed by atoms with Crippen molar-refractivity contribution in [2.75, 3.05) is 18.9 Å². The predicted octanol–water partition coefficient (Wildman–Crippen LogP) is 1.55. The van der Waals surface area contributed by atoms with Gasteiger partial charge in [0.05, 0.1) is 10.5 Å². The summed E-state index contributed by atoms with van der Waals surface area (Å²) in [4.78, 5) is 21.8. The molecule has 0 aliphatic carbocycles. The maximum atomic E-state index is 11.7. The highest BCUT2D eigenvalue weighted by atomic mass is 16.6. The zero-order valence-electron chi connectivity index (χ0n) is 9.40. The second kappa shape index (κ2) is 5.64. The summed E-state index contributed by atoms with van der Waals surface area (Å²) in [6.07, 6.45) is 1.54. The van der Waals surface area contributed by atoms with Crippen LogP contribution in [0.15, 0.2) is 30.9 Å². The molecule has 0 aromatic heterocycles. The molecule has 2 N–H and O–H groups in total. The van der Waals surface area contributed by atoms with E-state index in [2.05, 4.69) is 17.2 Å². The van der Waals surface area contributed by atoms with Crippen LogP contribution in [0.25, 0.3) is 0 Å². The third kappa shape index (κ3) is 3.04. The first-order chi connectivity index (χ1) is 8.10. The number of anilines is 1. The van der Waals surface area contributed by atoms with Crippen LogP contribution in [0.1, 0.15) is 10.4 Å². The number of nitrogens with one attached hydrogen (secondary N) is 2. The van der Waals surface area contributed by atoms with E-state index < -0.39 is 4.92 Å². The number of hydrogen-bond donors (Lipinski definition) is 2. The summed E-state index contributed by atoms with van der Waals surface area (Å²) in [5, 5.41) is 16.0. The highest BCUT2D eigenvalue weighted by Crippen LogP contribution is 2.21. The van der Waals surface area contributed by atoms with Crippen LogP contribution in [-0.4, -0.2) is 24.4 Å². The van der Waals surface area contributed by atoms with Crippen molar-refractivity contribution in [2.24, 2.45) is 0 Å². The van der Waals surface area contributed by atoms with E-state index in [1.54, 1.807) is 7.05 Å². The van der Waals surface area contributed by atoms with Gasteiger partial charge in [-0.05, 0) is 6.07 Å². The van der Waals surface area contributed by atoms with Crippen LogP contribution in [0.3, 0.4) is 0 Å². The quantitative estimate of drug-likeness (QED) is 0.460. The fourth-order valence-electron chi connectivity index (χ4n) is 1.31. The largest absolute Gasteiger partial charge is 0.387 e. The van der Waals surface area contributed by atoms with Gasteiger partial charge in [-0.3, -0.25) is 14.9 Å². The van der Waals surface area contributed by atoms with Crippen molar-refractivity contribution in [1.82, 2.24) is 5.32 Å². The van der Waals surface area contributed by atoms with Crippen LogP contribution < -0.4 is 10.6 Å². The van der Waals surface area contributed by atoms with Crippen LogP contribution in [0.5, 0.6) is 0 Å². The van der Waals surface area contributed by atoms with Crippen LogP contribution in [0.4, 0.5) is 11.4 Å². The van der Waals surface area contributed by atoms with Crippen molar-refractivity contribution in [2.45, 2.75) is 0 Å². The molecule has 6 nitrogen and oxygen atoms in total. The van der Waals surface area contributed by atoms with E-state index in [0.29, 0.717) is 12.2 Å². The first-order valence-corrected chi connectivity index (χ1v) is 4.95. The Bertz CT molecular complexity index is 457. The monoisotopic (exact) mass is 235 g/mol. The molecule has 0 bridgehead atoms. The molecule has 1 aromatic carbocycles. The zero-order chi connectivity index (χ0) is 12.8. The summed E-state index contributed by atoms with van der Waals surface area (Å²) in [6, 6.07) is 4.08. The van der Waals surface area contributed by atoms with Gasteiger partial charge in [-0.1, -0.05) is 6.08 Å². The molecule has 0 radical (unpaired) electrons. The molecule has 0 aliphatic rings. The zero-order valence-corrected chi connectivity index (χ0v) is 9.40. The van der Waals surface area contributed by atoms with Crippen molar-refractivity contribution >= 4 is 17.3 Å². The average molecular weight is 235 g/mol. The van der Waals surface area contributed by atoms with Crippen molar-refractivity contribution in [1.29, 1.82) is 0 Å². The topological polar surface area (TPSA) is 84.3 Å². The summed E-state index contributed by atoms with van der Waals surface area (Å²) in [5.74, 6) is -0.377. The number of nitro groups is 1. The van der Waals surface area contributed by atoms with Crippen LogP contribution in [-0.2, 0) is 0 Å². The molecule has 0 fully saturated rings. The fourth-order valence-corrected chi connectivity index (χ4v) is 1.31. The van der Waals surface area contributed by atoms with Gasteiger partial charge in [0, 0.05) is 31.4 Å². The SMILES string of the molecule is C=CCNC(=O)c1cc([N+](=O)[O-])ccc1NC. The van der Waals surface area contributed by atoms with Gasteiger partial charge >= 0.3 is 0 Å². The van der Waals surface area contributed by atoms with E-state index in [0.717, 1.165) is 0 Å². The number of benzene rings is 1. The molecule has 1 aromatic rings. The van der Waals surface area contributed by atoms with Gasteiger partial charge in [-0.2, -0.15) is 0 Å². The molecule has 90 valence electrons. The summed E-state index contributed by atoms with van der Waals surface area (Å²) in [6.45, 7) is 3.79. The molecule has 0 heterocycles. The third-order valence-corrected chi connectivity index (χ3v) is 2.13. The van der Waals surface area contributed by atoms with Crippen LogP contribution >= 0.6 is 0 Å². The van der Waals surface area contributed by atoms with Gasteiger partial charge in [0.1, 0.15) is 0 Å². The number of carbonyl (C=O) groups excluding carboxylic acids is 1. The molecule has 0 saturated carbocycles. The molecule has 0 saturated heterocycles. The van der Waals surface area contributed by atoms with Gasteiger partial charge in [0.2, 0.25) is 0 Å². The number of rotatable bonds is 5. The molecule has 1 amide bonds. The van der Waals surface area contributed by atoms with Gasteiger partial charge < -0.3 is 10.6 Å². The number of non-ortho nitro benzene ring substituents is 1. The number of amides is 1. The molecule has 1 rings (SSSR count). The Hall–Kier alpha value is -2.37. The van der Waals surface area contributed by atoms with Crippen LogP contribution in [0.2, 0.25) is 0 Å². The number of nitro benzene ring substituents is 1. The number of hydrogen-bond acceptors (Lipinski definition) is 4. The molecule has 17 heavy (non-hydrogen) atoms. The molecule has 0 spiro atoms. The minimum Gasteiger partial charge on any atom is -0.387 e. The van der Waals surface area contributed by atoms with Crippen molar-refractivity contribution in [3.8, 4) is 0 Å². The van der Waals surface area contributed by atoms with Gasteiger partial charge in [0.15, 0.2) is 0 Å². The van der Waals surface area contributed by atoms with E-state index in [4.69, 9.17) is 0 Å². The second-order valence-electron chi connectivity index (χ2n) is 3.24. The Labute approximate surface area is 98.5 Å². The lowest BCUT2D eigenvalue weighted by Crippen LogP contribution is -2.24. The van der Waals surface area contributed by atoms with Gasteiger partial charge in [-0.25, -0.2) is 0 Å². The highest BCUT2D eigenvalue weighted by Gasteiger charge is 2.15. The normalized spacial score (nSPS) is 9.47. The Morgan fingerprint density at radius 3 is 2.82 bits per heavy atom. The predicted molar refractivity (Wildman–Crippen MR) is 65.2 cm³/mol. The molecule has 0 unspecified atom stereocenters. The Morgan fingerprint density at radius 1 is 1.59 bits per heavy atom. The number of nitrogens with zero attached hydrogens (tertiary/aromatic N) is 1. The van der Waals surface area contributed by atoms with Gasteiger partial charge in [0.25, 0.3) is 11.6 Å². The van der Waals surface area contributed by atoms with E-state index in [-0.39, 0.29) is 17.2 Å². The summed E-state index contributed by atoms with van der Waals surface area (Å²) < 4.78 is 0. The van der Waals surface area contributed by atoms with Crippen molar-refractivity contribution in [3.63, 3.8) is 0 Å². The van der Waals surface area contributed by atoms with E-state index in [9.17, 15) is 14.9 Å². The molecular weight excluding hydrogens is 222 g/mol. The lowest BCUT2D eigenvalue weighted by Gasteiger charge is -2.08. The van der Waals surface area contributed by atoms with E-state index in [1.807, 2.05) is 0 Å². The lowest BCUT2D eigenvalue weighted by atomic mass is 10.1. The Kier molecular flexibility index (Phi) is 4.21. The molecule has 0 aliphatic heterocycles. The second-order valence-corrected chi connectivity index (χ2v) is 3.24. The summed E-state index contributed by atoms with van der Waals surface area (Å²) >= 11 is 0. The third-order valence-electron chi connectivity index (χ3n) is 2.13. The summed E-state index contributed by atoms with van der Waals surface area (Å²) in [5.41, 5.74) is 0.661. The first kappa shape index (κ1) is 12.7. The number of carbonyl (C=O) groups is 1. The molecule has 0 atom stereocenters. The Balaban J connectivity index is 3.09. The molecule has 6 heteroatoms. The Morgan fingerprint density at radius 2 is 2.29 bits per heavy atom. The standard InChI is InChI=1S/C11H13N3O3/c1-3-6-13-11(15)9-7-8(14(16)17)4-5-10(9)12-2/h3-5,7,12H,1,6H2,2H3,(H,13,15). The van der Waals surface area contributed by atoms with E-state index >= 15 is 0 Å². The van der Waals surface area contributed by atoms with Gasteiger partial charge in [-0.15, -0.1) is 6.58 Å². The smallest absolute Gasteiger partial charge is 0.270 e. The maximum absolute atomic E-state index is 11.7. The minimum absolute atomic E-state index is 0.118. The minimum atomic E-state index is -0.538. The summed E-state index contributed by atoms with van der Waals surface area (Å²) in [7, 11) is 1.64. The highest BCUT2D eigenvalue weighted by molar-refractivity contribution is 6.00. The molecular formula is C11H13N3O3. The van der Waals surface area contributed by atoms with E-state index in [1.165, 1.54) is 24.3 Å². The fraction of sp³-hybridized carbons (Fsp3) is 0.182. The first-order valence-electron chi connectivity index (χ1n) is 4.95. The van der Waals surface area contributed by atoms with Crippen molar-refractivity contribution < 1.29 is 9.72 Å². The lowest BCUT2D eigenvalue weighted by molar-refractivity contribution is -0.384. The van der Waals surface area contributed by atoms with Crippen molar-refractivity contribution in [3.05, 3.63) is 46.5 Å². The van der Waals surface area contributed by atoms with Crippen LogP contribution in [0, 0.1) is 10.1 Å². The maximum Gasteiger partial charge on any atom is 0.270 e.